The Labute approximate surface area is 57.0 Å². The summed E-state index contributed by atoms with van der Waals surface area (Å²) in [5, 5.41) is 7.90. The van der Waals surface area contributed by atoms with Crippen LogP contribution in [0.3, 0.4) is 0 Å². The fourth-order valence-corrected chi connectivity index (χ4v) is 0.530. The number of carbonyl (C=O) groups is 1. The summed E-state index contributed by atoms with van der Waals surface area (Å²) in [7, 11) is 0. The predicted molar refractivity (Wildman–Crippen MR) is 32.3 cm³/mol. The second-order valence-electron chi connectivity index (χ2n) is 1.59. The molecular formula is C6H5NO3. The smallest absolute Gasteiger partial charge is 0.294 e. The van der Waals surface area contributed by atoms with Gasteiger partial charge in [0.2, 0.25) is 0 Å². The molecule has 52 valence electrons. The Hall–Kier alpha value is -1.42. The third-order valence-corrected chi connectivity index (χ3v) is 0.957. The second kappa shape index (κ2) is 2.93. The molecule has 4 heteroatoms. The van der Waals surface area contributed by atoms with Gasteiger partial charge in [0.05, 0.1) is 0 Å². The summed E-state index contributed by atoms with van der Waals surface area (Å²) >= 11 is 0. The van der Waals surface area contributed by atoms with E-state index in [4.69, 9.17) is 5.26 Å². The van der Waals surface area contributed by atoms with Gasteiger partial charge >= 0.3 is 5.97 Å². The third-order valence-electron chi connectivity index (χ3n) is 0.957. The average Bonchev–Trinajstić information content (AvgIpc) is 2.05. The van der Waals surface area contributed by atoms with Crippen LogP contribution in [0.25, 0.3) is 0 Å². The van der Waals surface area contributed by atoms with E-state index in [-0.39, 0.29) is 5.69 Å². The Balaban J connectivity index is 2.85. The number of carbonyl (C=O) groups excluding carboxylic acids is 1. The van der Waals surface area contributed by atoms with Crippen molar-refractivity contribution in [3.63, 3.8) is 0 Å². The summed E-state index contributed by atoms with van der Waals surface area (Å²) in [4.78, 5) is 17.5. The molecule has 0 aliphatic carbocycles. The fourth-order valence-electron chi connectivity index (χ4n) is 0.530. The van der Waals surface area contributed by atoms with Crippen molar-refractivity contribution >= 4 is 5.97 Å². The Bertz CT molecular complexity index is 222. The highest BCUT2D eigenvalue weighted by Gasteiger charge is 2.05. The molecular weight excluding hydrogens is 134 g/mol. The number of aromatic nitrogens is 1. The van der Waals surface area contributed by atoms with E-state index in [1.54, 1.807) is 12.1 Å². The molecule has 1 rings (SSSR count). The van der Waals surface area contributed by atoms with Crippen LogP contribution in [-0.4, -0.2) is 16.2 Å². The van der Waals surface area contributed by atoms with Crippen molar-refractivity contribution in [1.82, 2.24) is 4.98 Å². The van der Waals surface area contributed by atoms with Crippen LogP contribution in [0.5, 0.6) is 0 Å². The van der Waals surface area contributed by atoms with Gasteiger partial charge in [-0.2, -0.15) is 5.26 Å². The number of hydrogen-bond donors (Lipinski definition) is 1. The molecule has 0 saturated carbocycles. The summed E-state index contributed by atoms with van der Waals surface area (Å²) in [5.41, 5.74) is 0.0880. The Kier molecular flexibility index (Phi) is 1.96. The summed E-state index contributed by atoms with van der Waals surface area (Å²) in [6.07, 6.45) is 1.44. The number of rotatable bonds is 1. The number of hydrogen-bond acceptors (Lipinski definition) is 4. The first kappa shape index (κ1) is 6.70. The van der Waals surface area contributed by atoms with Gasteiger partial charge in [0.25, 0.3) is 0 Å². The Morgan fingerprint density at radius 2 is 2.40 bits per heavy atom. The molecule has 0 aromatic carbocycles. The molecule has 0 radical (unpaired) electrons. The van der Waals surface area contributed by atoms with E-state index in [9.17, 15) is 4.79 Å². The van der Waals surface area contributed by atoms with E-state index in [1.165, 1.54) is 12.3 Å². The van der Waals surface area contributed by atoms with Crippen LogP contribution in [0, 0.1) is 0 Å². The summed E-state index contributed by atoms with van der Waals surface area (Å²) in [5.74, 6) is -0.847. The quantitative estimate of drug-likeness (QED) is 0.459. The highest BCUT2D eigenvalue weighted by Crippen LogP contribution is 1.93. The van der Waals surface area contributed by atoms with E-state index in [2.05, 4.69) is 9.87 Å². The third kappa shape index (κ3) is 1.29. The van der Waals surface area contributed by atoms with Crippen LogP contribution in [0.4, 0.5) is 0 Å². The molecule has 0 saturated heterocycles. The first-order valence-corrected chi connectivity index (χ1v) is 2.61. The van der Waals surface area contributed by atoms with Crippen molar-refractivity contribution < 1.29 is 14.9 Å². The maximum absolute atomic E-state index is 10.5. The normalized spacial score (nSPS) is 8.90. The molecule has 10 heavy (non-hydrogen) atoms. The predicted octanol–water partition coefficient (Wildman–Crippen LogP) is 0.711. The first-order valence-electron chi connectivity index (χ1n) is 2.61. The summed E-state index contributed by atoms with van der Waals surface area (Å²) in [6, 6.07) is 4.73. The molecule has 1 N–H and O–H groups in total. The average molecular weight is 139 g/mol. The van der Waals surface area contributed by atoms with Gasteiger partial charge < -0.3 is 0 Å². The highest BCUT2D eigenvalue weighted by molar-refractivity contribution is 5.86. The monoisotopic (exact) mass is 139 g/mol. The van der Waals surface area contributed by atoms with Crippen molar-refractivity contribution in [2.45, 2.75) is 0 Å². The number of nitrogens with zero attached hydrogens (tertiary/aromatic N) is 1. The van der Waals surface area contributed by atoms with Gasteiger partial charge in [-0.25, -0.2) is 9.78 Å². The lowest BCUT2D eigenvalue weighted by Crippen LogP contribution is -2.03. The van der Waals surface area contributed by atoms with Crippen LogP contribution in [0.15, 0.2) is 24.4 Å². The zero-order valence-electron chi connectivity index (χ0n) is 5.02. The molecule has 1 aromatic rings. The van der Waals surface area contributed by atoms with Crippen molar-refractivity contribution in [3.8, 4) is 0 Å². The molecule has 0 spiro atoms. The molecule has 0 amide bonds. The van der Waals surface area contributed by atoms with Crippen molar-refractivity contribution in [2.75, 3.05) is 0 Å². The SMILES string of the molecule is O=C(OO)c1ccccn1. The van der Waals surface area contributed by atoms with Gasteiger partial charge in [-0.15, -0.1) is 0 Å². The molecule has 0 aliphatic rings. The Morgan fingerprint density at radius 1 is 1.60 bits per heavy atom. The molecule has 0 unspecified atom stereocenters. The van der Waals surface area contributed by atoms with E-state index >= 15 is 0 Å². The van der Waals surface area contributed by atoms with Crippen molar-refractivity contribution in [2.24, 2.45) is 0 Å². The summed E-state index contributed by atoms with van der Waals surface area (Å²) in [6.45, 7) is 0. The minimum Gasteiger partial charge on any atom is -0.294 e. The van der Waals surface area contributed by atoms with Gasteiger partial charge in [-0.05, 0) is 12.1 Å². The van der Waals surface area contributed by atoms with Crippen LogP contribution in [-0.2, 0) is 4.89 Å². The van der Waals surface area contributed by atoms with Gasteiger partial charge in [0.1, 0.15) is 0 Å². The van der Waals surface area contributed by atoms with Gasteiger partial charge in [0, 0.05) is 6.20 Å². The zero-order chi connectivity index (χ0) is 7.40. The van der Waals surface area contributed by atoms with Crippen molar-refractivity contribution in [3.05, 3.63) is 30.1 Å². The second-order valence-corrected chi connectivity index (χ2v) is 1.59. The highest BCUT2D eigenvalue weighted by atomic mass is 17.1. The molecule has 4 nitrogen and oxygen atoms in total. The lowest BCUT2D eigenvalue weighted by molar-refractivity contribution is -0.183. The maximum atomic E-state index is 10.5. The zero-order valence-corrected chi connectivity index (χ0v) is 5.02. The minimum absolute atomic E-state index is 0.0880. The van der Waals surface area contributed by atoms with Crippen LogP contribution in [0.1, 0.15) is 10.5 Å². The molecule has 0 fully saturated rings. The van der Waals surface area contributed by atoms with Gasteiger partial charge in [-0.1, -0.05) is 6.07 Å². The standard InChI is InChI=1S/C6H5NO3/c8-6(10-9)5-3-1-2-4-7-5/h1-4,9H. The number of pyridine rings is 1. The first-order chi connectivity index (χ1) is 4.84. The van der Waals surface area contributed by atoms with Gasteiger partial charge in [-0.3, -0.25) is 4.89 Å². The summed E-state index contributed by atoms with van der Waals surface area (Å²) < 4.78 is 0. The largest absolute Gasteiger partial charge is 0.390 e. The van der Waals surface area contributed by atoms with Crippen molar-refractivity contribution in [1.29, 1.82) is 0 Å². The minimum atomic E-state index is -0.847. The lowest BCUT2D eigenvalue weighted by atomic mass is 10.4. The van der Waals surface area contributed by atoms with Crippen LogP contribution < -0.4 is 0 Å². The van der Waals surface area contributed by atoms with E-state index in [1.807, 2.05) is 0 Å². The van der Waals surface area contributed by atoms with Crippen LogP contribution in [0.2, 0.25) is 0 Å². The molecule has 1 heterocycles. The van der Waals surface area contributed by atoms with E-state index in [0.29, 0.717) is 0 Å². The fraction of sp³-hybridized carbons (Fsp3) is 0. The van der Waals surface area contributed by atoms with Crippen LogP contribution >= 0.6 is 0 Å². The molecule has 0 atom stereocenters. The van der Waals surface area contributed by atoms with Gasteiger partial charge in [0.15, 0.2) is 5.69 Å². The molecule has 1 aromatic heterocycles. The van der Waals surface area contributed by atoms with E-state index < -0.39 is 5.97 Å². The molecule has 0 aliphatic heterocycles. The molecule has 0 bridgehead atoms. The topological polar surface area (TPSA) is 59.4 Å². The Morgan fingerprint density at radius 3 is 2.90 bits per heavy atom. The van der Waals surface area contributed by atoms with E-state index in [0.717, 1.165) is 0 Å². The maximum Gasteiger partial charge on any atom is 0.390 e. The lowest BCUT2D eigenvalue weighted by Gasteiger charge is -1.91.